The van der Waals surface area contributed by atoms with Crippen molar-refractivity contribution in [3.05, 3.63) is 66.0 Å². The smallest absolute Gasteiger partial charge is 0.124 e. The molecular weight excluding hydrogens is 306 g/mol. The molecule has 0 aliphatic carbocycles. The summed E-state index contributed by atoms with van der Waals surface area (Å²) in [6.07, 6.45) is 0. The van der Waals surface area contributed by atoms with Crippen LogP contribution in [0.2, 0.25) is 0 Å². The zero-order chi connectivity index (χ0) is 15.5. The highest BCUT2D eigenvalue weighted by Gasteiger charge is 2.14. The van der Waals surface area contributed by atoms with Crippen LogP contribution in [0.15, 0.2) is 54.6 Å². The van der Waals surface area contributed by atoms with Gasteiger partial charge in [-0.1, -0.05) is 42.5 Å². The molecule has 4 heteroatoms. The van der Waals surface area contributed by atoms with Gasteiger partial charge in [0.05, 0.1) is 17.6 Å². The fourth-order valence-electron chi connectivity index (χ4n) is 2.97. The largest absolute Gasteiger partial charge is 0.324 e. The second-order valence-electron chi connectivity index (χ2n) is 6.14. The monoisotopic (exact) mass is 329 g/mol. The van der Waals surface area contributed by atoms with Crippen LogP contribution in [-0.2, 0) is 13.1 Å². The van der Waals surface area contributed by atoms with Gasteiger partial charge in [0, 0.05) is 12.6 Å². The second-order valence-corrected chi connectivity index (χ2v) is 6.14. The molecule has 3 aromatic rings. The van der Waals surface area contributed by atoms with Crippen LogP contribution in [0, 0.1) is 0 Å². The molecule has 0 fully saturated rings. The van der Waals surface area contributed by atoms with Crippen LogP contribution in [0.25, 0.3) is 11.0 Å². The maximum Gasteiger partial charge on any atom is 0.124 e. The lowest BCUT2D eigenvalue weighted by Gasteiger charge is -2.19. The predicted molar refractivity (Wildman–Crippen MR) is 99.0 cm³/mol. The van der Waals surface area contributed by atoms with Gasteiger partial charge >= 0.3 is 0 Å². The fraction of sp³-hybridized carbons (Fsp3) is 0.316. The number of fused-ring (bicyclic) bond motifs is 1. The molecule has 0 N–H and O–H groups in total. The van der Waals surface area contributed by atoms with Crippen molar-refractivity contribution in [2.75, 3.05) is 7.05 Å². The summed E-state index contributed by atoms with van der Waals surface area (Å²) in [5, 5.41) is 0. The Hall–Kier alpha value is -1.84. The summed E-state index contributed by atoms with van der Waals surface area (Å²) in [6, 6.07) is 19.4. The predicted octanol–water partition coefficient (Wildman–Crippen LogP) is 4.67. The van der Waals surface area contributed by atoms with Crippen molar-refractivity contribution in [3.63, 3.8) is 0 Å². The van der Waals surface area contributed by atoms with E-state index in [1.165, 1.54) is 11.1 Å². The van der Waals surface area contributed by atoms with Gasteiger partial charge in [-0.15, -0.1) is 12.4 Å². The maximum atomic E-state index is 4.84. The molecule has 3 rings (SSSR count). The number of nitrogens with zero attached hydrogens (tertiary/aromatic N) is 3. The SMILES string of the molecule is CC(C)n1c(CN(C)Cc2ccccc2)nc2ccccc21.Cl. The van der Waals surface area contributed by atoms with Crippen molar-refractivity contribution in [1.29, 1.82) is 0 Å². The zero-order valence-electron chi connectivity index (χ0n) is 13.9. The summed E-state index contributed by atoms with van der Waals surface area (Å²) in [7, 11) is 2.15. The fourth-order valence-corrected chi connectivity index (χ4v) is 2.97. The molecule has 122 valence electrons. The third kappa shape index (κ3) is 3.92. The van der Waals surface area contributed by atoms with Crippen molar-refractivity contribution in [2.45, 2.75) is 33.0 Å². The first kappa shape index (κ1) is 17.5. The van der Waals surface area contributed by atoms with E-state index < -0.39 is 0 Å². The Balaban J connectivity index is 0.00000192. The van der Waals surface area contributed by atoms with Gasteiger partial charge in [0.15, 0.2) is 0 Å². The number of hydrogen-bond donors (Lipinski definition) is 0. The molecule has 23 heavy (non-hydrogen) atoms. The molecule has 1 heterocycles. The Morgan fingerprint density at radius 1 is 0.957 bits per heavy atom. The van der Waals surface area contributed by atoms with Gasteiger partial charge in [0.25, 0.3) is 0 Å². The minimum Gasteiger partial charge on any atom is -0.324 e. The van der Waals surface area contributed by atoms with Crippen molar-refractivity contribution in [1.82, 2.24) is 14.5 Å². The maximum absolute atomic E-state index is 4.84. The molecule has 0 unspecified atom stereocenters. The molecule has 0 aliphatic heterocycles. The first-order valence-electron chi connectivity index (χ1n) is 7.83. The molecule has 0 bridgehead atoms. The average Bonchev–Trinajstić information content (AvgIpc) is 2.85. The molecule has 0 aliphatic rings. The molecular formula is C19H24ClN3. The van der Waals surface area contributed by atoms with Crippen molar-refractivity contribution in [2.24, 2.45) is 0 Å². The standard InChI is InChI=1S/C19H23N3.ClH/c1-15(2)22-18-12-8-7-11-17(18)20-19(22)14-21(3)13-16-9-5-4-6-10-16;/h4-12,15H,13-14H2,1-3H3;1H. The van der Waals surface area contributed by atoms with E-state index in [2.05, 4.69) is 85.0 Å². The van der Waals surface area contributed by atoms with E-state index in [1.54, 1.807) is 0 Å². The molecule has 1 aromatic heterocycles. The number of rotatable bonds is 5. The topological polar surface area (TPSA) is 21.1 Å². The number of hydrogen-bond acceptors (Lipinski definition) is 2. The van der Waals surface area contributed by atoms with Gasteiger partial charge < -0.3 is 4.57 Å². The summed E-state index contributed by atoms with van der Waals surface area (Å²) in [6.45, 7) is 6.22. The van der Waals surface area contributed by atoms with Gasteiger partial charge in [-0.3, -0.25) is 4.90 Å². The first-order chi connectivity index (χ1) is 10.6. The van der Waals surface area contributed by atoms with E-state index in [4.69, 9.17) is 4.98 Å². The van der Waals surface area contributed by atoms with E-state index in [1.807, 2.05) is 0 Å². The van der Waals surface area contributed by atoms with Crippen molar-refractivity contribution >= 4 is 23.4 Å². The summed E-state index contributed by atoms with van der Waals surface area (Å²) in [5.74, 6) is 1.13. The Morgan fingerprint density at radius 2 is 1.61 bits per heavy atom. The summed E-state index contributed by atoms with van der Waals surface area (Å²) < 4.78 is 2.34. The normalized spacial score (nSPS) is 11.2. The lowest BCUT2D eigenvalue weighted by atomic mass is 10.2. The van der Waals surface area contributed by atoms with Gasteiger partial charge in [0.1, 0.15) is 5.82 Å². The molecule has 0 atom stereocenters. The highest BCUT2D eigenvalue weighted by atomic mass is 35.5. The van der Waals surface area contributed by atoms with Gasteiger partial charge in [-0.25, -0.2) is 4.98 Å². The highest BCUT2D eigenvalue weighted by Crippen LogP contribution is 2.22. The van der Waals surface area contributed by atoms with E-state index >= 15 is 0 Å². The summed E-state index contributed by atoms with van der Waals surface area (Å²) in [4.78, 5) is 7.15. The molecule has 0 saturated carbocycles. The number of aromatic nitrogens is 2. The van der Waals surface area contributed by atoms with Gasteiger partial charge in [-0.2, -0.15) is 0 Å². The third-order valence-corrected chi connectivity index (χ3v) is 3.89. The molecule has 3 nitrogen and oxygen atoms in total. The van der Waals surface area contributed by atoms with Crippen LogP contribution in [0.4, 0.5) is 0 Å². The van der Waals surface area contributed by atoms with Crippen molar-refractivity contribution < 1.29 is 0 Å². The zero-order valence-corrected chi connectivity index (χ0v) is 14.8. The molecule has 0 amide bonds. The van der Waals surface area contributed by atoms with Gasteiger partial charge in [0.2, 0.25) is 0 Å². The Morgan fingerprint density at radius 3 is 2.30 bits per heavy atom. The molecule has 0 saturated heterocycles. The first-order valence-corrected chi connectivity index (χ1v) is 7.83. The van der Waals surface area contributed by atoms with Crippen LogP contribution in [0.5, 0.6) is 0 Å². The molecule has 0 spiro atoms. The minimum absolute atomic E-state index is 0. The molecule has 0 radical (unpaired) electrons. The van der Waals surface area contributed by atoms with Crippen LogP contribution < -0.4 is 0 Å². The van der Waals surface area contributed by atoms with Gasteiger partial charge in [-0.05, 0) is 38.6 Å². The van der Waals surface area contributed by atoms with Crippen LogP contribution >= 0.6 is 12.4 Å². The highest BCUT2D eigenvalue weighted by molar-refractivity contribution is 5.85. The minimum atomic E-state index is 0. The average molecular weight is 330 g/mol. The Bertz CT molecular complexity index is 750. The van der Waals surface area contributed by atoms with Crippen LogP contribution in [0.3, 0.4) is 0 Å². The lowest BCUT2D eigenvalue weighted by molar-refractivity contribution is 0.303. The quantitative estimate of drug-likeness (QED) is 0.678. The molecule has 2 aromatic carbocycles. The number of imidazole rings is 1. The van der Waals surface area contributed by atoms with E-state index in [0.717, 1.165) is 24.4 Å². The number of halogens is 1. The van der Waals surface area contributed by atoms with E-state index in [-0.39, 0.29) is 12.4 Å². The Kier molecular flexibility index (Phi) is 5.80. The lowest BCUT2D eigenvalue weighted by Crippen LogP contribution is -2.20. The summed E-state index contributed by atoms with van der Waals surface area (Å²) in [5.41, 5.74) is 3.64. The van der Waals surface area contributed by atoms with Crippen LogP contribution in [-0.4, -0.2) is 21.5 Å². The second kappa shape index (κ2) is 7.62. The van der Waals surface area contributed by atoms with Crippen molar-refractivity contribution in [3.8, 4) is 0 Å². The number of para-hydroxylation sites is 2. The van der Waals surface area contributed by atoms with E-state index in [9.17, 15) is 0 Å². The Labute approximate surface area is 144 Å². The summed E-state index contributed by atoms with van der Waals surface area (Å²) >= 11 is 0. The number of benzene rings is 2. The van der Waals surface area contributed by atoms with E-state index in [0.29, 0.717) is 6.04 Å². The third-order valence-electron chi connectivity index (χ3n) is 3.89. The van der Waals surface area contributed by atoms with Crippen LogP contribution in [0.1, 0.15) is 31.3 Å².